The van der Waals surface area contributed by atoms with Crippen LogP contribution in [0.15, 0.2) is 54.6 Å². The lowest BCUT2D eigenvalue weighted by Gasteiger charge is -2.15. The first kappa shape index (κ1) is 21.3. The molecule has 2 rings (SSSR count). The molecular formula is C22H28N2O4. The summed E-state index contributed by atoms with van der Waals surface area (Å²) in [6, 6.07) is 17.1. The van der Waals surface area contributed by atoms with Gasteiger partial charge in [0.15, 0.2) is 6.10 Å². The van der Waals surface area contributed by atoms with Crippen LogP contribution >= 0.6 is 0 Å². The van der Waals surface area contributed by atoms with Crippen molar-refractivity contribution in [3.05, 3.63) is 65.7 Å². The van der Waals surface area contributed by atoms with E-state index >= 15 is 0 Å². The average Bonchev–Trinajstić information content (AvgIpc) is 2.70. The standard InChI is InChI=1S/C22H28N2O4/c1-16(2)19-9-11-20(12-10-19)28-17(3)21(25)23-13-14-24-22(26)27-15-18-7-5-4-6-8-18/h4-12,16-17H,13-15H2,1-3H3,(H,23,25)(H,24,26). The van der Waals surface area contributed by atoms with Crippen molar-refractivity contribution in [2.75, 3.05) is 13.1 Å². The number of hydrogen-bond acceptors (Lipinski definition) is 4. The molecular weight excluding hydrogens is 356 g/mol. The molecule has 150 valence electrons. The molecule has 0 spiro atoms. The van der Waals surface area contributed by atoms with Gasteiger partial charge in [0.2, 0.25) is 0 Å². The molecule has 0 aromatic heterocycles. The topological polar surface area (TPSA) is 76.7 Å². The largest absolute Gasteiger partial charge is 0.481 e. The number of amides is 2. The minimum absolute atomic E-state index is 0.208. The molecule has 2 aromatic carbocycles. The Hall–Kier alpha value is -3.02. The van der Waals surface area contributed by atoms with E-state index in [0.717, 1.165) is 5.56 Å². The van der Waals surface area contributed by atoms with Crippen LogP contribution in [0.4, 0.5) is 4.79 Å². The zero-order valence-electron chi connectivity index (χ0n) is 16.6. The molecule has 0 bridgehead atoms. The molecule has 1 atom stereocenters. The van der Waals surface area contributed by atoms with Gasteiger partial charge in [-0.2, -0.15) is 0 Å². The summed E-state index contributed by atoms with van der Waals surface area (Å²) in [5, 5.41) is 5.32. The van der Waals surface area contributed by atoms with Gasteiger partial charge in [0.1, 0.15) is 12.4 Å². The predicted octanol–water partition coefficient (Wildman–Crippen LogP) is 3.62. The van der Waals surface area contributed by atoms with E-state index in [0.29, 0.717) is 18.2 Å². The van der Waals surface area contributed by atoms with Gasteiger partial charge in [-0.1, -0.05) is 56.3 Å². The number of alkyl carbamates (subject to hydrolysis) is 1. The summed E-state index contributed by atoms with van der Waals surface area (Å²) in [5.41, 5.74) is 2.13. The number of carbonyl (C=O) groups is 2. The molecule has 0 aliphatic heterocycles. The molecule has 1 unspecified atom stereocenters. The minimum Gasteiger partial charge on any atom is -0.481 e. The highest BCUT2D eigenvalue weighted by molar-refractivity contribution is 5.80. The van der Waals surface area contributed by atoms with Gasteiger partial charge in [-0.25, -0.2) is 4.79 Å². The van der Waals surface area contributed by atoms with E-state index in [1.165, 1.54) is 5.56 Å². The van der Waals surface area contributed by atoms with Crippen LogP contribution in [0.5, 0.6) is 5.75 Å². The Morgan fingerprint density at radius 3 is 2.18 bits per heavy atom. The molecule has 0 heterocycles. The quantitative estimate of drug-likeness (QED) is 0.648. The normalized spacial score (nSPS) is 11.6. The van der Waals surface area contributed by atoms with Gasteiger partial charge in [0.05, 0.1) is 0 Å². The van der Waals surface area contributed by atoms with Crippen molar-refractivity contribution in [3.63, 3.8) is 0 Å². The number of ether oxygens (including phenoxy) is 2. The number of rotatable bonds is 9. The Kier molecular flexibility index (Phi) is 8.34. The van der Waals surface area contributed by atoms with Crippen molar-refractivity contribution >= 4 is 12.0 Å². The molecule has 2 amide bonds. The van der Waals surface area contributed by atoms with E-state index in [4.69, 9.17) is 9.47 Å². The molecule has 6 nitrogen and oxygen atoms in total. The summed E-state index contributed by atoms with van der Waals surface area (Å²) in [6.07, 6.45) is -1.15. The van der Waals surface area contributed by atoms with Crippen molar-refractivity contribution in [1.29, 1.82) is 0 Å². The van der Waals surface area contributed by atoms with Crippen LogP contribution in [0.3, 0.4) is 0 Å². The summed E-state index contributed by atoms with van der Waals surface area (Å²) in [5.74, 6) is 0.851. The molecule has 0 fully saturated rings. The van der Waals surface area contributed by atoms with Crippen LogP contribution < -0.4 is 15.4 Å². The van der Waals surface area contributed by atoms with Gasteiger partial charge in [0.25, 0.3) is 5.91 Å². The van der Waals surface area contributed by atoms with Gasteiger partial charge >= 0.3 is 6.09 Å². The Bertz CT molecular complexity index is 745. The Balaban J connectivity index is 1.62. The summed E-state index contributed by atoms with van der Waals surface area (Å²) in [7, 11) is 0. The first-order valence-electron chi connectivity index (χ1n) is 9.44. The summed E-state index contributed by atoms with van der Waals surface area (Å²) < 4.78 is 10.8. The molecule has 0 saturated carbocycles. The zero-order chi connectivity index (χ0) is 20.4. The number of benzene rings is 2. The van der Waals surface area contributed by atoms with E-state index in [9.17, 15) is 9.59 Å². The molecule has 0 radical (unpaired) electrons. The van der Waals surface area contributed by atoms with E-state index in [1.807, 2.05) is 54.6 Å². The Labute approximate surface area is 166 Å². The lowest BCUT2D eigenvalue weighted by atomic mass is 10.0. The highest BCUT2D eigenvalue weighted by atomic mass is 16.5. The van der Waals surface area contributed by atoms with Crippen LogP contribution in [0, 0.1) is 0 Å². The third-order valence-corrected chi connectivity index (χ3v) is 4.14. The van der Waals surface area contributed by atoms with Gasteiger partial charge in [-0.05, 0) is 36.1 Å². The molecule has 2 aromatic rings. The Morgan fingerprint density at radius 2 is 1.54 bits per heavy atom. The van der Waals surface area contributed by atoms with Crippen LogP contribution in [-0.4, -0.2) is 31.2 Å². The third-order valence-electron chi connectivity index (χ3n) is 4.14. The first-order valence-corrected chi connectivity index (χ1v) is 9.44. The predicted molar refractivity (Wildman–Crippen MR) is 108 cm³/mol. The van der Waals surface area contributed by atoms with Crippen molar-refractivity contribution in [1.82, 2.24) is 10.6 Å². The van der Waals surface area contributed by atoms with Crippen molar-refractivity contribution < 1.29 is 19.1 Å². The highest BCUT2D eigenvalue weighted by Crippen LogP contribution is 2.19. The second kappa shape index (κ2) is 11.0. The maximum atomic E-state index is 12.1. The number of hydrogen-bond donors (Lipinski definition) is 2. The average molecular weight is 384 g/mol. The monoisotopic (exact) mass is 384 g/mol. The van der Waals surface area contributed by atoms with Gasteiger partial charge in [0, 0.05) is 13.1 Å². The molecule has 0 aliphatic rings. The first-order chi connectivity index (χ1) is 13.5. The van der Waals surface area contributed by atoms with Crippen LogP contribution in [0.1, 0.15) is 37.8 Å². The third kappa shape index (κ3) is 7.31. The van der Waals surface area contributed by atoms with Crippen molar-refractivity contribution in [2.24, 2.45) is 0 Å². The maximum absolute atomic E-state index is 12.1. The van der Waals surface area contributed by atoms with E-state index in [1.54, 1.807) is 6.92 Å². The van der Waals surface area contributed by atoms with E-state index in [2.05, 4.69) is 24.5 Å². The van der Waals surface area contributed by atoms with Crippen LogP contribution in [0.2, 0.25) is 0 Å². The molecule has 0 aliphatic carbocycles. The molecule has 28 heavy (non-hydrogen) atoms. The lowest BCUT2D eigenvalue weighted by molar-refractivity contribution is -0.127. The van der Waals surface area contributed by atoms with Gasteiger partial charge in [-0.15, -0.1) is 0 Å². The Morgan fingerprint density at radius 1 is 0.893 bits per heavy atom. The van der Waals surface area contributed by atoms with Gasteiger partial charge in [-0.3, -0.25) is 4.79 Å². The van der Waals surface area contributed by atoms with Crippen molar-refractivity contribution in [2.45, 2.75) is 39.4 Å². The fourth-order valence-corrected chi connectivity index (χ4v) is 2.46. The fraction of sp³-hybridized carbons (Fsp3) is 0.364. The number of nitrogens with one attached hydrogen (secondary N) is 2. The van der Waals surface area contributed by atoms with Crippen molar-refractivity contribution in [3.8, 4) is 5.75 Å². The van der Waals surface area contributed by atoms with E-state index < -0.39 is 12.2 Å². The second-order valence-electron chi connectivity index (χ2n) is 6.76. The molecule has 0 saturated heterocycles. The van der Waals surface area contributed by atoms with E-state index in [-0.39, 0.29) is 19.1 Å². The SMILES string of the molecule is CC(Oc1ccc(C(C)C)cc1)C(=O)NCCNC(=O)OCc1ccccc1. The molecule has 6 heteroatoms. The number of carbonyl (C=O) groups excluding carboxylic acids is 2. The summed E-state index contributed by atoms with van der Waals surface area (Å²) in [4.78, 5) is 23.7. The summed E-state index contributed by atoms with van der Waals surface area (Å²) in [6.45, 7) is 6.70. The smallest absolute Gasteiger partial charge is 0.407 e. The highest BCUT2D eigenvalue weighted by Gasteiger charge is 2.14. The van der Waals surface area contributed by atoms with Crippen LogP contribution in [0.25, 0.3) is 0 Å². The summed E-state index contributed by atoms with van der Waals surface area (Å²) >= 11 is 0. The zero-order valence-corrected chi connectivity index (χ0v) is 16.6. The molecule has 2 N–H and O–H groups in total. The van der Waals surface area contributed by atoms with Crippen LogP contribution in [-0.2, 0) is 16.1 Å². The second-order valence-corrected chi connectivity index (χ2v) is 6.76. The maximum Gasteiger partial charge on any atom is 0.407 e. The lowest BCUT2D eigenvalue weighted by Crippen LogP contribution is -2.40. The van der Waals surface area contributed by atoms with Gasteiger partial charge < -0.3 is 20.1 Å². The minimum atomic E-state index is -0.630. The fourth-order valence-electron chi connectivity index (χ4n) is 2.46.